The molecule has 0 fully saturated rings. The summed E-state index contributed by atoms with van der Waals surface area (Å²) in [7, 11) is 0. The van der Waals surface area contributed by atoms with E-state index >= 15 is 0 Å². The third-order valence-electron chi connectivity index (χ3n) is 3.13. The number of carbonyl (C=O) groups is 1. The first-order valence-electron chi connectivity index (χ1n) is 7.02. The molecule has 0 radical (unpaired) electrons. The molecule has 0 N–H and O–H groups in total. The molecule has 2 heterocycles. The second kappa shape index (κ2) is 6.13. The highest BCUT2D eigenvalue weighted by Gasteiger charge is 2.24. The predicted molar refractivity (Wildman–Crippen MR) is 82.1 cm³/mol. The smallest absolute Gasteiger partial charge is 0.414 e. The topological polar surface area (TPSA) is 85.0 Å². The fourth-order valence-electron chi connectivity index (χ4n) is 2.07. The van der Waals surface area contributed by atoms with E-state index in [1.54, 1.807) is 18.4 Å². The van der Waals surface area contributed by atoms with Crippen molar-refractivity contribution in [1.29, 1.82) is 0 Å². The Bertz CT molecular complexity index is 596. The van der Waals surface area contributed by atoms with Crippen LogP contribution in [-0.2, 0) is 4.74 Å². The van der Waals surface area contributed by atoms with Gasteiger partial charge in [-0.3, -0.25) is 20.0 Å². The molecule has 0 spiro atoms. The molecule has 0 saturated heterocycles. The van der Waals surface area contributed by atoms with Gasteiger partial charge < -0.3 is 4.74 Å². The van der Waals surface area contributed by atoms with E-state index in [0.717, 1.165) is 5.57 Å². The second-order valence-corrected chi connectivity index (χ2v) is 6.07. The number of dihydropyridines is 1. The number of hydrogen-bond donors (Lipinski definition) is 0. The van der Waals surface area contributed by atoms with Crippen molar-refractivity contribution >= 4 is 12.3 Å². The summed E-state index contributed by atoms with van der Waals surface area (Å²) in [5.74, 6) is 0. The molecule has 22 heavy (non-hydrogen) atoms. The molecular weight excluding hydrogens is 286 g/mol. The largest absolute Gasteiger partial charge is 0.443 e. The van der Waals surface area contributed by atoms with Gasteiger partial charge in [-0.25, -0.2) is 4.79 Å². The zero-order chi connectivity index (χ0) is 16.3. The maximum Gasteiger partial charge on any atom is 0.414 e. The van der Waals surface area contributed by atoms with Crippen LogP contribution in [0, 0.1) is 10.1 Å². The second-order valence-electron chi connectivity index (χ2n) is 6.07. The van der Waals surface area contributed by atoms with Crippen LogP contribution in [0.25, 0.3) is 0 Å². The van der Waals surface area contributed by atoms with Crippen molar-refractivity contribution in [3.05, 3.63) is 45.8 Å². The van der Waals surface area contributed by atoms with E-state index < -0.39 is 16.6 Å². The molecular formula is C15H19N3O4. The molecule has 0 aliphatic carbocycles. The third-order valence-corrected chi connectivity index (χ3v) is 3.13. The van der Waals surface area contributed by atoms with Crippen molar-refractivity contribution in [2.75, 3.05) is 6.54 Å². The molecule has 1 atom stereocenters. The quantitative estimate of drug-likeness (QED) is 0.580. The SMILES string of the molecule is CC(C)(C)OC(=O)N1C=CC(C2CC=C([N+](=O)[O-])C=N2)=CC1. The minimum atomic E-state index is -0.535. The van der Waals surface area contributed by atoms with Gasteiger partial charge in [-0.15, -0.1) is 0 Å². The summed E-state index contributed by atoms with van der Waals surface area (Å²) in [5, 5.41) is 10.6. The molecule has 2 aliphatic heterocycles. The monoisotopic (exact) mass is 305 g/mol. The van der Waals surface area contributed by atoms with Crippen molar-refractivity contribution in [3.63, 3.8) is 0 Å². The number of allylic oxidation sites excluding steroid dienone is 1. The lowest BCUT2D eigenvalue weighted by molar-refractivity contribution is -0.414. The van der Waals surface area contributed by atoms with E-state index in [9.17, 15) is 14.9 Å². The van der Waals surface area contributed by atoms with Gasteiger partial charge in [0, 0.05) is 12.7 Å². The molecule has 0 aromatic carbocycles. The molecule has 118 valence electrons. The van der Waals surface area contributed by atoms with Crippen molar-refractivity contribution in [2.45, 2.75) is 38.8 Å². The van der Waals surface area contributed by atoms with Crippen LogP contribution in [0.15, 0.2) is 40.7 Å². The molecule has 0 bridgehead atoms. The number of hydrogen-bond acceptors (Lipinski definition) is 5. The summed E-state index contributed by atoms with van der Waals surface area (Å²) in [6, 6.07) is -0.138. The summed E-state index contributed by atoms with van der Waals surface area (Å²) in [5.41, 5.74) is 0.425. The summed E-state index contributed by atoms with van der Waals surface area (Å²) in [6.07, 6.45) is 8.26. The molecule has 2 aliphatic rings. The summed E-state index contributed by atoms with van der Waals surface area (Å²) < 4.78 is 5.29. The Balaban J connectivity index is 1.94. The number of rotatable bonds is 2. The van der Waals surface area contributed by atoms with Gasteiger partial charge in [-0.2, -0.15) is 0 Å². The Hall–Kier alpha value is -2.44. The number of ether oxygens (including phenoxy) is 1. The van der Waals surface area contributed by atoms with Crippen LogP contribution in [0.4, 0.5) is 4.79 Å². The molecule has 7 nitrogen and oxygen atoms in total. The molecule has 0 aromatic heterocycles. The minimum Gasteiger partial charge on any atom is -0.443 e. The minimum absolute atomic E-state index is 0.0204. The van der Waals surface area contributed by atoms with Gasteiger partial charge in [0.1, 0.15) is 5.60 Å². The maximum absolute atomic E-state index is 11.9. The molecule has 1 amide bonds. The Morgan fingerprint density at radius 2 is 2.18 bits per heavy atom. The van der Waals surface area contributed by atoms with E-state index in [4.69, 9.17) is 4.74 Å². The number of carbonyl (C=O) groups excluding carboxylic acids is 1. The summed E-state index contributed by atoms with van der Waals surface area (Å²) >= 11 is 0. The maximum atomic E-state index is 11.9. The van der Waals surface area contributed by atoms with E-state index in [0.29, 0.717) is 13.0 Å². The van der Waals surface area contributed by atoms with E-state index in [1.807, 2.05) is 26.8 Å². The van der Waals surface area contributed by atoms with Gasteiger partial charge >= 0.3 is 6.09 Å². The number of aliphatic imine (C=N–C) groups is 1. The van der Waals surface area contributed by atoms with Gasteiger partial charge in [0.15, 0.2) is 0 Å². The first-order chi connectivity index (χ1) is 10.3. The lowest BCUT2D eigenvalue weighted by atomic mass is 10.00. The van der Waals surface area contributed by atoms with E-state index in [1.165, 1.54) is 11.1 Å². The first-order valence-corrected chi connectivity index (χ1v) is 7.02. The van der Waals surface area contributed by atoms with Crippen LogP contribution in [0.3, 0.4) is 0 Å². The number of nitrogens with zero attached hydrogens (tertiary/aromatic N) is 3. The van der Waals surface area contributed by atoms with Crippen LogP contribution < -0.4 is 0 Å². The average molecular weight is 305 g/mol. The van der Waals surface area contributed by atoms with Crippen LogP contribution in [0.1, 0.15) is 27.2 Å². The fourth-order valence-corrected chi connectivity index (χ4v) is 2.07. The molecule has 1 unspecified atom stereocenters. The van der Waals surface area contributed by atoms with Crippen molar-refractivity contribution in [3.8, 4) is 0 Å². The van der Waals surface area contributed by atoms with Crippen molar-refractivity contribution in [1.82, 2.24) is 4.90 Å². The van der Waals surface area contributed by atoms with Crippen LogP contribution >= 0.6 is 0 Å². The van der Waals surface area contributed by atoms with Crippen LogP contribution in [0.5, 0.6) is 0 Å². The zero-order valence-corrected chi connectivity index (χ0v) is 12.9. The highest BCUT2D eigenvalue weighted by atomic mass is 16.6. The highest BCUT2D eigenvalue weighted by Crippen LogP contribution is 2.21. The van der Waals surface area contributed by atoms with Crippen LogP contribution in [0.2, 0.25) is 0 Å². The first kappa shape index (κ1) is 15.9. The molecule has 2 rings (SSSR count). The predicted octanol–water partition coefficient (Wildman–Crippen LogP) is 2.68. The van der Waals surface area contributed by atoms with Crippen LogP contribution in [-0.4, -0.2) is 40.3 Å². The van der Waals surface area contributed by atoms with Gasteiger partial charge in [0.2, 0.25) is 0 Å². The van der Waals surface area contributed by atoms with Gasteiger partial charge in [-0.05, 0) is 44.9 Å². The molecule has 0 saturated carbocycles. The number of amides is 1. The Labute approximate surface area is 128 Å². The van der Waals surface area contributed by atoms with Gasteiger partial charge in [-0.1, -0.05) is 6.08 Å². The van der Waals surface area contributed by atoms with Gasteiger partial charge in [0.25, 0.3) is 5.70 Å². The lowest BCUT2D eigenvalue weighted by Gasteiger charge is -2.27. The third kappa shape index (κ3) is 4.03. The molecule has 7 heteroatoms. The molecule has 0 aromatic rings. The summed E-state index contributed by atoms with van der Waals surface area (Å²) in [4.78, 5) is 27.8. The van der Waals surface area contributed by atoms with Crippen molar-refractivity contribution < 1.29 is 14.5 Å². The summed E-state index contributed by atoms with van der Waals surface area (Å²) in [6.45, 7) is 5.85. The Kier molecular flexibility index (Phi) is 4.44. The fraction of sp³-hybridized carbons (Fsp3) is 0.467. The normalized spacial score (nSPS) is 21.2. The van der Waals surface area contributed by atoms with E-state index in [-0.39, 0.29) is 11.7 Å². The standard InChI is InChI=1S/C15H19N3O4/c1-15(2,3)22-14(19)17-8-6-11(7-9-17)13-5-4-12(10-16-13)18(20)21/h4,6-8,10,13H,5,9H2,1-3H3. The lowest BCUT2D eigenvalue weighted by Crippen LogP contribution is -2.35. The average Bonchev–Trinajstić information content (AvgIpc) is 2.46. The highest BCUT2D eigenvalue weighted by molar-refractivity contribution is 5.77. The zero-order valence-electron chi connectivity index (χ0n) is 12.9. The van der Waals surface area contributed by atoms with E-state index in [2.05, 4.69) is 4.99 Å². The van der Waals surface area contributed by atoms with Crippen molar-refractivity contribution in [2.24, 2.45) is 4.99 Å². The Morgan fingerprint density at radius 1 is 1.45 bits per heavy atom. The number of nitro groups is 1. The Morgan fingerprint density at radius 3 is 2.64 bits per heavy atom. The van der Waals surface area contributed by atoms with Gasteiger partial charge in [0.05, 0.1) is 17.2 Å².